The van der Waals surface area contributed by atoms with Gasteiger partial charge in [-0.3, -0.25) is 0 Å². The lowest BCUT2D eigenvalue weighted by Gasteiger charge is -2.10. The molecule has 0 saturated carbocycles. The first-order valence-electron chi connectivity index (χ1n) is 8.66. The molecule has 0 aromatic heterocycles. The largest absolute Gasteiger partial charge is 0.207 e. The second-order valence-electron chi connectivity index (χ2n) is 6.58. The molecule has 0 unspecified atom stereocenters. The van der Waals surface area contributed by atoms with E-state index in [1.165, 1.54) is 11.6 Å². The minimum Gasteiger partial charge on any atom is -0.207 e. The Labute approximate surface area is 149 Å². The summed E-state index contributed by atoms with van der Waals surface area (Å²) in [5, 5.41) is 3.66. The molecule has 0 bridgehead atoms. The summed E-state index contributed by atoms with van der Waals surface area (Å²) < 4.78 is 41.8. The summed E-state index contributed by atoms with van der Waals surface area (Å²) >= 11 is 0. The molecule has 0 aliphatic carbocycles. The van der Waals surface area contributed by atoms with E-state index in [0.717, 1.165) is 52.6 Å². The van der Waals surface area contributed by atoms with Gasteiger partial charge >= 0.3 is 0 Å². The second kappa shape index (κ2) is 6.49. The predicted octanol–water partition coefficient (Wildman–Crippen LogP) is 7.03. The topological polar surface area (TPSA) is 0 Å². The van der Waals surface area contributed by atoms with E-state index in [1.807, 2.05) is 18.2 Å². The first-order chi connectivity index (χ1) is 12.5. The highest BCUT2D eigenvalue weighted by atomic mass is 19.1. The molecular formula is C23H17F3. The van der Waals surface area contributed by atoms with Crippen LogP contribution in [0.15, 0.2) is 60.7 Å². The van der Waals surface area contributed by atoms with E-state index < -0.39 is 17.5 Å². The van der Waals surface area contributed by atoms with Gasteiger partial charge in [-0.15, -0.1) is 0 Å². The zero-order valence-corrected chi connectivity index (χ0v) is 14.3. The van der Waals surface area contributed by atoms with Crippen molar-refractivity contribution < 1.29 is 13.2 Å². The van der Waals surface area contributed by atoms with E-state index >= 15 is 0 Å². The number of rotatable bonds is 3. The summed E-state index contributed by atoms with van der Waals surface area (Å²) in [7, 11) is 0. The Bertz CT molecular complexity index is 1110. The lowest BCUT2D eigenvalue weighted by Crippen LogP contribution is -1.90. The molecule has 0 nitrogen and oxygen atoms in total. The highest BCUT2D eigenvalue weighted by Crippen LogP contribution is 2.33. The molecule has 0 atom stereocenters. The molecule has 0 N–H and O–H groups in total. The van der Waals surface area contributed by atoms with Gasteiger partial charge in [0.25, 0.3) is 0 Å². The highest BCUT2D eigenvalue weighted by molar-refractivity contribution is 6.08. The van der Waals surface area contributed by atoms with Crippen LogP contribution in [0.2, 0.25) is 0 Å². The van der Waals surface area contributed by atoms with Gasteiger partial charge in [-0.05, 0) is 63.4 Å². The Kier molecular flexibility index (Phi) is 4.15. The van der Waals surface area contributed by atoms with Crippen LogP contribution in [0.1, 0.15) is 18.9 Å². The molecule has 0 amide bonds. The average Bonchev–Trinajstić information content (AvgIpc) is 2.60. The fourth-order valence-corrected chi connectivity index (χ4v) is 3.51. The molecule has 130 valence electrons. The van der Waals surface area contributed by atoms with Gasteiger partial charge in [0.15, 0.2) is 0 Å². The minimum atomic E-state index is -0.721. The first-order valence-corrected chi connectivity index (χ1v) is 8.66. The predicted molar refractivity (Wildman–Crippen MR) is 101 cm³/mol. The molecule has 4 rings (SSSR count). The zero-order chi connectivity index (χ0) is 18.3. The van der Waals surface area contributed by atoms with E-state index in [0.29, 0.717) is 0 Å². The molecule has 0 spiro atoms. The molecule has 0 aliphatic heterocycles. The maximum Gasteiger partial charge on any atom is 0.131 e. The van der Waals surface area contributed by atoms with Gasteiger partial charge < -0.3 is 0 Å². The molecule has 3 heteroatoms. The number of hydrogen-bond acceptors (Lipinski definition) is 0. The fourth-order valence-electron chi connectivity index (χ4n) is 3.51. The van der Waals surface area contributed by atoms with Gasteiger partial charge in [0.2, 0.25) is 0 Å². The monoisotopic (exact) mass is 350 g/mol. The smallest absolute Gasteiger partial charge is 0.131 e. The number of halogens is 3. The van der Waals surface area contributed by atoms with Crippen molar-refractivity contribution in [1.82, 2.24) is 0 Å². The Morgan fingerprint density at radius 1 is 0.692 bits per heavy atom. The summed E-state index contributed by atoms with van der Waals surface area (Å²) in [4.78, 5) is 0. The second-order valence-corrected chi connectivity index (χ2v) is 6.58. The van der Waals surface area contributed by atoms with Crippen LogP contribution in [0, 0.1) is 17.5 Å². The Hall–Kier alpha value is -2.81. The highest BCUT2D eigenvalue weighted by Gasteiger charge is 2.12. The molecule has 0 heterocycles. The van der Waals surface area contributed by atoms with Crippen molar-refractivity contribution >= 4 is 21.5 Å². The molecule has 0 saturated heterocycles. The summed E-state index contributed by atoms with van der Waals surface area (Å²) in [5.74, 6) is -1.93. The average molecular weight is 350 g/mol. The lowest BCUT2D eigenvalue weighted by atomic mass is 9.95. The Balaban J connectivity index is 1.92. The maximum atomic E-state index is 14.8. The van der Waals surface area contributed by atoms with Crippen molar-refractivity contribution in [3.05, 3.63) is 83.7 Å². The van der Waals surface area contributed by atoms with Gasteiger partial charge in [-0.2, -0.15) is 0 Å². The Morgan fingerprint density at radius 2 is 1.38 bits per heavy atom. The van der Waals surface area contributed by atoms with Crippen LogP contribution in [-0.2, 0) is 6.42 Å². The molecule has 4 aromatic carbocycles. The number of aryl methyl sites for hydroxylation is 1. The fraction of sp³-hybridized carbons (Fsp3) is 0.130. The summed E-state index contributed by atoms with van der Waals surface area (Å²) in [6.07, 6.45) is 2.08. The molecule has 4 aromatic rings. The number of hydrogen-bond donors (Lipinski definition) is 0. The van der Waals surface area contributed by atoms with Crippen LogP contribution in [0.4, 0.5) is 13.2 Å². The maximum absolute atomic E-state index is 14.8. The van der Waals surface area contributed by atoms with Gasteiger partial charge in [-0.25, -0.2) is 13.2 Å². The third-order valence-electron chi connectivity index (χ3n) is 4.70. The molecule has 0 aliphatic rings. The Morgan fingerprint density at radius 3 is 2.08 bits per heavy atom. The van der Waals surface area contributed by atoms with Crippen LogP contribution in [0.25, 0.3) is 32.7 Å². The van der Waals surface area contributed by atoms with Crippen molar-refractivity contribution in [2.24, 2.45) is 0 Å². The normalized spacial score (nSPS) is 11.4. The van der Waals surface area contributed by atoms with Crippen LogP contribution in [-0.4, -0.2) is 0 Å². The van der Waals surface area contributed by atoms with Gasteiger partial charge in [-0.1, -0.05) is 43.7 Å². The van der Waals surface area contributed by atoms with E-state index in [9.17, 15) is 13.2 Å². The third kappa shape index (κ3) is 2.94. The van der Waals surface area contributed by atoms with Gasteiger partial charge in [0.05, 0.1) is 0 Å². The van der Waals surface area contributed by atoms with Crippen LogP contribution >= 0.6 is 0 Å². The minimum absolute atomic E-state index is 0.192. The van der Waals surface area contributed by atoms with Crippen LogP contribution < -0.4 is 0 Å². The van der Waals surface area contributed by atoms with Crippen molar-refractivity contribution in [2.45, 2.75) is 19.8 Å². The van der Waals surface area contributed by atoms with E-state index in [1.54, 1.807) is 6.07 Å². The quantitative estimate of drug-likeness (QED) is 0.348. The van der Waals surface area contributed by atoms with E-state index in [4.69, 9.17) is 0 Å². The standard InChI is InChI=1S/C23H17F3/c1-2-3-14-4-7-20-15(8-14)5-6-16-11-22(23(26)13-21(16)20)17-9-18(24)12-19(25)10-17/h4-13H,2-3H2,1H3. The van der Waals surface area contributed by atoms with Crippen LogP contribution in [0.3, 0.4) is 0 Å². The van der Waals surface area contributed by atoms with E-state index in [2.05, 4.69) is 19.1 Å². The van der Waals surface area contributed by atoms with E-state index in [-0.39, 0.29) is 11.1 Å². The van der Waals surface area contributed by atoms with Crippen molar-refractivity contribution in [2.75, 3.05) is 0 Å². The molecule has 0 fully saturated rings. The number of benzene rings is 4. The van der Waals surface area contributed by atoms with Crippen LogP contribution in [0.5, 0.6) is 0 Å². The lowest BCUT2D eigenvalue weighted by molar-refractivity contribution is 0.583. The zero-order valence-electron chi connectivity index (χ0n) is 14.3. The third-order valence-corrected chi connectivity index (χ3v) is 4.70. The van der Waals surface area contributed by atoms with Gasteiger partial charge in [0.1, 0.15) is 17.5 Å². The van der Waals surface area contributed by atoms with Gasteiger partial charge in [0, 0.05) is 11.6 Å². The first kappa shape index (κ1) is 16.6. The molecule has 26 heavy (non-hydrogen) atoms. The summed E-state index contributed by atoms with van der Waals surface area (Å²) in [6.45, 7) is 2.14. The van der Waals surface area contributed by atoms with Crippen molar-refractivity contribution in [3.63, 3.8) is 0 Å². The molecular weight excluding hydrogens is 333 g/mol. The number of fused-ring (bicyclic) bond motifs is 3. The van der Waals surface area contributed by atoms with Crippen molar-refractivity contribution in [1.29, 1.82) is 0 Å². The summed E-state index contributed by atoms with van der Waals surface area (Å²) in [5.41, 5.74) is 1.64. The summed E-state index contributed by atoms with van der Waals surface area (Å²) in [6, 6.07) is 16.3. The van der Waals surface area contributed by atoms with Crippen molar-refractivity contribution in [3.8, 4) is 11.1 Å². The molecule has 0 radical (unpaired) electrons. The SMILES string of the molecule is CCCc1ccc2c(ccc3cc(-c4cc(F)cc(F)c4)c(F)cc32)c1.